The van der Waals surface area contributed by atoms with Crippen LogP contribution in [0.15, 0.2) is 97.1 Å². The van der Waals surface area contributed by atoms with E-state index in [2.05, 4.69) is 0 Å². The highest BCUT2D eigenvalue weighted by atomic mass is 35.5. The molecular formula is C32H24Cl2O6S. The third-order valence-electron chi connectivity index (χ3n) is 7.57. The van der Waals surface area contributed by atoms with Crippen molar-refractivity contribution in [3.05, 3.63) is 140 Å². The fraction of sp³-hybridized carbons (Fsp3) is 0.188. The first-order valence-electron chi connectivity index (χ1n) is 12.8. The molecule has 0 saturated carbocycles. The zero-order chi connectivity index (χ0) is 29.2. The van der Waals surface area contributed by atoms with Crippen molar-refractivity contribution < 1.29 is 27.5 Å². The quantitative estimate of drug-likeness (QED) is 0.158. The zero-order valence-electron chi connectivity index (χ0n) is 22.0. The van der Waals surface area contributed by atoms with Gasteiger partial charge in [0.05, 0.1) is 0 Å². The summed E-state index contributed by atoms with van der Waals surface area (Å²) in [5, 5.41) is 0.759. The molecule has 0 aromatic heterocycles. The van der Waals surface area contributed by atoms with E-state index in [-0.39, 0.29) is 11.1 Å². The number of ketones is 2. The Hall–Kier alpha value is -3.33. The Kier molecular flexibility index (Phi) is 6.71. The van der Waals surface area contributed by atoms with E-state index in [0.29, 0.717) is 21.2 Å². The van der Waals surface area contributed by atoms with Gasteiger partial charge in [-0.05, 0) is 73.5 Å². The normalized spacial score (nSPS) is 25.0. The number of ether oxygens (including phenoxy) is 2. The molecule has 2 saturated heterocycles. The van der Waals surface area contributed by atoms with E-state index in [1.165, 1.54) is 48.5 Å². The summed E-state index contributed by atoms with van der Waals surface area (Å²) in [5.74, 6) is -1.61. The number of carbonyl (C=O) groups excluding carboxylic acids is 2. The van der Waals surface area contributed by atoms with Crippen molar-refractivity contribution in [2.75, 3.05) is 0 Å². The van der Waals surface area contributed by atoms with Crippen LogP contribution < -0.4 is 0 Å². The lowest BCUT2D eigenvalue weighted by Gasteiger charge is -2.20. The Bertz CT molecular complexity index is 1640. The summed E-state index contributed by atoms with van der Waals surface area (Å²) in [5.41, 5.74) is 3.03. The summed E-state index contributed by atoms with van der Waals surface area (Å²) >= 11 is 12.1. The van der Waals surface area contributed by atoms with Gasteiger partial charge in [-0.15, -0.1) is 0 Å². The molecule has 2 aliphatic heterocycles. The van der Waals surface area contributed by atoms with E-state index in [0.717, 1.165) is 11.1 Å². The molecule has 0 amide bonds. The molecule has 2 heterocycles. The van der Waals surface area contributed by atoms with E-state index < -0.39 is 43.5 Å². The molecule has 4 aromatic carbocycles. The standard InChI is InChI=1S/C32H24Cl2O6S/c1-19-3-7-23(8-4-19)29-31(39-29,27(35)21-11-15-25(33)16-12-21)41(37,38)32(28(36)22-13-17-26(34)18-14-22)30(40-32)24-9-5-20(2)6-10-24/h3-18,29-30H,1-2H3. The summed E-state index contributed by atoms with van der Waals surface area (Å²) in [6.07, 6.45) is -2.32. The Morgan fingerprint density at radius 2 is 0.902 bits per heavy atom. The number of sulfone groups is 1. The molecular weight excluding hydrogens is 583 g/mol. The van der Waals surface area contributed by atoms with Crippen LogP contribution in [-0.2, 0) is 19.3 Å². The summed E-state index contributed by atoms with van der Waals surface area (Å²) in [6, 6.07) is 25.8. The third-order valence-corrected chi connectivity index (χ3v) is 10.7. The van der Waals surface area contributed by atoms with Gasteiger partial charge in [0.1, 0.15) is 12.2 Å². The van der Waals surface area contributed by atoms with Crippen molar-refractivity contribution >= 4 is 44.6 Å². The van der Waals surface area contributed by atoms with Gasteiger partial charge in [0.15, 0.2) is 0 Å². The lowest BCUT2D eigenvalue weighted by Crippen LogP contribution is -2.48. The number of halogens is 2. The predicted molar refractivity (Wildman–Crippen MR) is 156 cm³/mol. The maximum Gasteiger partial charge on any atom is 0.267 e. The smallest absolute Gasteiger partial charge is 0.267 e. The molecule has 4 aromatic rings. The minimum Gasteiger partial charge on any atom is -0.337 e. The second-order valence-corrected chi connectivity index (χ2v) is 13.4. The topological polar surface area (TPSA) is 93.3 Å². The molecule has 0 radical (unpaired) electrons. The van der Waals surface area contributed by atoms with Gasteiger partial charge in [0.25, 0.3) is 9.87 Å². The first-order chi connectivity index (χ1) is 19.5. The minimum atomic E-state index is -4.86. The van der Waals surface area contributed by atoms with Gasteiger partial charge in [-0.2, -0.15) is 0 Å². The third kappa shape index (κ3) is 4.35. The number of aryl methyl sites for hydroxylation is 2. The first kappa shape index (κ1) is 27.8. The average molecular weight is 608 g/mol. The maximum atomic E-state index is 14.9. The summed E-state index contributed by atoms with van der Waals surface area (Å²) < 4.78 is 41.7. The van der Waals surface area contributed by atoms with Gasteiger partial charge in [0, 0.05) is 21.2 Å². The highest BCUT2D eigenvalue weighted by Crippen LogP contribution is 2.66. The molecule has 0 N–H and O–H groups in total. The van der Waals surface area contributed by atoms with Crippen LogP contribution >= 0.6 is 23.2 Å². The van der Waals surface area contributed by atoms with Crippen LogP contribution in [0, 0.1) is 13.8 Å². The van der Waals surface area contributed by atoms with E-state index in [4.69, 9.17) is 32.7 Å². The van der Waals surface area contributed by atoms with Crippen molar-refractivity contribution in [3.8, 4) is 0 Å². The highest BCUT2D eigenvalue weighted by molar-refractivity contribution is 7.96. The molecule has 4 unspecified atom stereocenters. The van der Waals surface area contributed by atoms with Crippen molar-refractivity contribution in [2.24, 2.45) is 0 Å². The summed E-state index contributed by atoms with van der Waals surface area (Å²) in [4.78, 5) is 23.5. The maximum absolute atomic E-state index is 14.9. The van der Waals surface area contributed by atoms with Gasteiger partial charge in [-0.25, -0.2) is 8.42 Å². The molecule has 6 nitrogen and oxygen atoms in total. The second kappa shape index (κ2) is 9.89. The number of Topliss-reactive ketones (excluding diaryl/α,β-unsaturated/α-hetero) is 2. The number of carbonyl (C=O) groups is 2. The van der Waals surface area contributed by atoms with Crippen LogP contribution in [0.25, 0.3) is 0 Å². The average Bonchev–Trinajstić information content (AvgIpc) is 3.88. The van der Waals surface area contributed by atoms with Gasteiger partial charge >= 0.3 is 0 Å². The SMILES string of the molecule is Cc1ccc(C2OC2(C(=O)c2ccc(Cl)cc2)S(=O)(=O)C2(C(=O)c3ccc(Cl)cc3)OC2c2ccc(C)cc2)cc1. The molecule has 0 bridgehead atoms. The van der Waals surface area contributed by atoms with Crippen molar-refractivity contribution in [1.29, 1.82) is 0 Å². The molecule has 0 aliphatic carbocycles. The Morgan fingerprint density at radius 1 is 0.585 bits per heavy atom. The Labute approximate surface area is 247 Å². The van der Waals surface area contributed by atoms with Crippen molar-refractivity contribution in [1.82, 2.24) is 0 Å². The fourth-order valence-electron chi connectivity index (χ4n) is 5.17. The molecule has 41 heavy (non-hydrogen) atoms. The van der Waals surface area contributed by atoms with E-state index in [9.17, 15) is 18.0 Å². The largest absolute Gasteiger partial charge is 0.337 e. The van der Waals surface area contributed by atoms with Crippen LogP contribution in [0.5, 0.6) is 0 Å². The van der Waals surface area contributed by atoms with Gasteiger partial charge in [0.2, 0.25) is 21.4 Å². The number of hydrogen-bond donors (Lipinski definition) is 0. The monoisotopic (exact) mass is 606 g/mol. The van der Waals surface area contributed by atoms with Gasteiger partial charge in [-0.1, -0.05) is 82.9 Å². The summed E-state index contributed by atoms with van der Waals surface area (Å²) in [7, 11) is -4.86. The van der Waals surface area contributed by atoms with E-state index in [1.807, 2.05) is 13.8 Å². The predicted octanol–water partition coefficient (Wildman–Crippen LogP) is 7.03. The van der Waals surface area contributed by atoms with Crippen LogP contribution in [0.3, 0.4) is 0 Å². The molecule has 2 aliphatic rings. The molecule has 208 valence electrons. The Morgan fingerprint density at radius 3 is 1.22 bits per heavy atom. The zero-order valence-corrected chi connectivity index (χ0v) is 24.3. The molecule has 0 spiro atoms. The van der Waals surface area contributed by atoms with Crippen LogP contribution in [0.2, 0.25) is 10.0 Å². The van der Waals surface area contributed by atoms with Gasteiger partial charge < -0.3 is 9.47 Å². The Balaban J connectivity index is 1.53. The van der Waals surface area contributed by atoms with E-state index >= 15 is 0 Å². The molecule has 9 heteroatoms. The summed E-state index contributed by atoms with van der Waals surface area (Å²) in [6.45, 7) is 3.79. The fourth-order valence-corrected chi connectivity index (χ4v) is 7.88. The first-order valence-corrected chi connectivity index (χ1v) is 15.1. The minimum absolute atomic E-state index is 0.0780. The van der Waals surface area contributed by atoms with Gasteiger partial charge in [-0.3, -0.25) is 9.59 Å². The second-order valence-electron chi connectivity index (χ2n) is 10.3. The van der Waals surface area contributed by atoms with Crippen molar-refractivity contribution in [2.45, 2.75) is 35.9 Å². The van der Waals surface area contributed by atoms with Crippen LogP contribution in [0.1, 0.15) is 55.2 Å². The van der Waals surface area contributed by atoms with E-state index in [1.54, 1.807) is 48.5 Å². The highest BCUT2D eigenvalue weighted by Gasteiger charge is 2.85. The van der Waals surface area contributed by atoms with Crippen LogP contribution in [0.4, 0.5) is 0 Å². The molecule has 6 rings (SSSR count). The lowest BCUT2D eigenvalue weighted by atomic mass is 10.0. The molecule has 2 fully saturated rings. The number of rotatable bonds is 8. The number of epoxide rings is 2. The number of hydrogen-bond acceptors (Lipinski definition) is 6. The van der Waals surface area contributed by atoms with Crippen LogP contribution in [-0.4, -0.2) is 29.9 Å². The van der Waals surface area contributed by atoms with Crippen molar-refractivity contribution in [3.63, 3.8) is 0 Å². The number of benzene rings is 4. The lowest BCUT2D eigenvalue weighted by molar-refractivity contribution is 0.0910. The molecule has 4 atom stereocenters.